The van der Waals surface area contributed by atoms with Crippen LogP contribution in [0.3, 0.4) is 0 Å². The molecule has 0 heterocycles. The molecule has 0 atom stereocenters. The van der Waals surface area contributed by atoms with E-state index in [9.17, 15) is 4.79 Å². The number of ether oxygens (including phenoxy) is 1. The molecule has 2 rings (SSSR count). The minimum absolute atomic E-state index is 0.173. The van der Waals surface area contributed by atoms with Gasteiger partial charge in [-0.1, -0.05) is 47.5 Å². The zero-order valence-corrected chi connectivity index (χ0v) is 12.6. The van der Waals surface area contributed by atoms with Gasteiger partial charge in [-0.3, -0.25) is 4.79 Å². The highest BCUT2D eigenvalue weighted by atomic mass is 35.5. The minimum Gasteiger partial charge on any atom is -0.426 e. The Morgan fingerprint density at radius 1 is 1.10 bits per heavy atom. The molecule has 3 heteroatoms. The van der Waals surface area contributed by atoms with E-state index in [-0.39, 0.29) is 12.4 Å². The lowest BCUT2D eigenvalue weighted by atomic mass is 10.1. The number of carbonyl (C=O) groups excluding carboxylic acids is 1. The van der Waals surface area contributed by atoms with E-state index in [1.165, 1.54) is 0 Å². The molecule has 0 radical (unpaired) electrons. The lowest BCUT2D eigenvalue weighted by Crippen LogP contribution is -2.13. The highest BCUT2D eigenvalue weighted by Gasteiger charge is 2.12. The van der Waals surface area contributed by atoms with E-state index in [1.807, 2.05) is 51.1 Å². The van der Waals surface area contributed by atoms with Gasteiger partial charge >= 0.3 is 5.97 Å². The summed E-state index contributed by atoms with van der Waals surface area (Å²) in [7, 11) is 0. The molecule has 2 aromatic rings. The van der Waals surface area contributed by atoms with Crippen molar-refractivity contribution >= 4 is 17.6 Å². The average Bonchev–Trinajstić information content (AvgIpc) is 2.36. The largest absolute Gasteiger partial charge is 0.426 e. The van der Waals surface area contributed by atoms with Crippen molar-refractivity contribution in [2.75, 3.05) is 0 Å². The second-order valence-corrected chi connectivity index (χ2v) is 5.38. The van der Waals surface area contributed by atoms with E-state index in [2.05, 4.69) is 0 Å². The molecule has 2 nitrogen and oxygen atoms in total. The van der Waals surface area contributed by atoms with Crippen molar-refractivity contribution in [1.82, 2.24) is 0 Å². The van der Waals surface area contributed by atoms with Gasteiger partial charge < -0.3 is 4.74 Å². The second-order valence-electron chi connectivity index (χ2n) is 4.97. The molecule has 0 aromatic heterocycles. The summed E-state index contributed by atoms with van der Waals surface area (Å²) in [4.78, 5) is 12.0. The first-order valence-electron chi connectivity index (χ1n) is 6.49. The van der Waals surface area contributed by atoms with Gasteiger partial charge in [0.1, 0.15) is 5.75 Å². The summed E-state index contributed by atoms with van der Waals surface area (Å²) < 4.78 is 5.49. The van der Waals surface area contributed by atoms with E-state index < -0.39 is 0 Å². The van der Waals surface area contributed by atoms with Gasteiger partial charge in [-0.2, -0.15) is 0 Å². The van der Waals surface area contributed by atoms with E-state index >= 15 is 0 Å². The molecule has 0 unspecified atom stereocenters. The summed E-state index contributed by atoms with van der Waals surface area (Å²) in [5, 5.41) is 0.585. The van der Waals surface area contributed by atoms with Crippen LogP contribution in [0, 0.1) is 20.8 Å². The summed E-state index contributed by atoms with van der Waals surface area (Å²) in [6.45, 7) is 5.91. The SMILES string of the molecule is Cc1cc(C)c(OC(=O)Cc2ccccc2Cl)c(C)c1. The summed E-state index contributed by atoms with van der Waals surface area (Å²) >= 11 is 6.05. The van der Waals surface area contributed by atoms with E-state index in [4.69, 9.17) is 16.3 Å². The van der Waals surface area contributed by atoms with Crippen LogP contribution in [-0.2, 0) is 11.2 Å². The molecular weight excluding hydrogens is 272 g/mol. The first kappa shape index (κ1) is 14.6. The van der Waals surface area contributed by atoms with Crippen molar-refractivity contribution < 1.29 is 9.53 Å². The van der Waals surface area contributed by atoms with Crippen LogP contribution >= 0.6 is 11.6 Å². The summed E-state index contributed by atoms with van der Waals surface area (Å²) in [6, 6.07) is 11.3. The first-order valence-corrected chi connectivity index (χ1v) is 6.87. The van der Waals surface area contributed by atoms with Crippen molar-refractivity contribution in [2.24, 2.45) is 0 Å². The molecular formula is C17H17ClO2. The summed E-state index contributed by atoms with van der Waals surface area (Å²) in [5.41, 5.74) is 3.87. The minimum atomic E-state index is -0.298. The average molecular weight is 289 g/mol. The fourth-order valence-corrected chi connectivity index (χ4v) is 2.48. The van der Waals surface area contributed by atoms with Crippen LogP contribution in [0.4, 0.5) is 0 Å². The molecule has 0 saturated heterocycles. The van der Waals surface area contributed by atoms with Crippen molar-refractivity contribution in [3.05, 3.63) is 63.7 Å². The topological polar surface area (TPSA) is 26.3 Å². The number of halogens is 1. The Bertz CT molecular complexity index is 624. The molecule has 0 saturated carbocycles. The zero-order valence-electron chi connectivity index (χ0n) is 11.9. The predicted molar refractivity (Wildman–Crippen MR) is 81.4 cm³/mol. The van der Waals surface area contributed by atoms with E-state index in [1.54, 1.807) is 6.07 Å². The van der Waals surface area contributed by atoms with E-state index in [0.29, 0.717) is 10.8 Å². The number of benzene rings is 2. The van der Waals surface area contributed by atoms with Gasteiger partial charge in [-0.05, 0) is 43.5 Å². The lowest BCUT2D eigenvalue weighted by molar-refractivity contribution is -0.133. The molecule has 0 spiro atoms. The smallest absolute Gasteiger partial charge is 0.315 e. The molecule has 0 aliphatic heterocycles. The van der Waals surface area contributed by atoms with E-state index in [0.717, 1.165) is 22.3 Å². The van der Waals surface area contributed by atoms with Gasteiger partial charge in [0.25, 0.3) is 0 Å². The highest BCUT2D eigenvalue weighted by molar-refractivity contribution is 6.31. The predicted octanol–water partition coefficient (Wildman–Crippen LogP) is 4.41. The molecule has 0 bridgehead atoms. The van der Waals surface area contributed by atoms with Crippen LogP contribution in [0.2, 0.25) is 5.02 Å². The molecule has 0 aliphatic carbocycles. The lowest BCUT2D eigenvalue weighted by Gasteiger charge is -2.12. The maximum absolute atomic E-state index is 12.0. The number of rotatable bonds is 3. The van der Waals surface area contributed by atoms with Crippen LogP contribution in [0.5, 0.6) is 5.75 Å². The molecule has 0 amide bonds. The Kier molecular flexibility index (Phi) is 4.46. The third kappa shape index (κ3) is 3.40. The normalized spacial score (nSPS) is 10.4. The molecule has 20 heavy (non-hydrogen) atoms. The molecule has 0 fully saturated rings. The second kappa shape index (κ2) is 6.10. The van der Waals surface area contributed by atoms with Crippen LogP contribution in [0.1, 0.15) is 22.3 Å². The fourth-order valence-electron chi connectivity index (χ4n) is 2.27. The van der Waals surface area contributed by atoms with Crippen LogP contribution in [0.25, 0.3) is 0 Å². The Balaban J connectivity index is 2.15. The number of esters is 1. The molecule has 0 aliphatic rings. The van der Waals surface area contributed by atoms with Crippen LogP contribution in [-0.4, -0.2) is 5.97 Å². The van der Waals surface area contributed by atoms with Crippen molar-refractivity contribution in [2.45, 2.75) is 27.2 Å². The quantitative estimate of drug-likeness (QED) is 0.617. The fraction of sp³-hybridized carbons (Fsp3) is 0.235. The Hall–Kier alpha value is -1.80. The standard InChI is InChI=1S/C17H17ClO2/c1-11-8-12(2)17(13(3)9-11)20-16(19)10-14-6-4-5-7-15(14)18/h4-9H,10H2,1-3H3. The van der Waals surface area contributed by atoms with Gasteiger partial charge in [-0.25, -0.2) is 0 Å². The van der Waals surface area contributed by atoms with Crippen molar-refractivity contribution in [1.29, 1.82) is 0 Å². The molecule has 0 N–H and O–H groups in total. The summed E-state index contributed by atoms with van der Waals surface area (Å²) in [6.07, 6.45) is 0.173. The van der Waals surface area contributed by atoms with Gasteiger partial charge in [-0.15, -0.1) is 0 Å². The Morgan fingerprint density at radius 2 is 1.70 bits per heavy atom. The van der Waals surface area contributed by atoms with Gasteiger partial charge in [0.05, 0.1) is 6.42 Å². The molecule has 104 valence electrons. The summed E-state index contributed by atoms with van der Waals surface area (Å²) in [5.74, 6) is 0.348. The maximum Gasteiger partial charge on any atom is 0.315 e. The first-order chi connectivity index (χ1) is 9.47. The van der Waals surface area contributed by atoms with Gasteiger partial charge in [0.2, 0.25) is 0 Å². The number of aryl methyl sites for hydroxylation is 3. The van der Waals surface area contributed by atoms with Crippen LogP contribution < -0.4 is 4.74 Å². The third-order valence-corrected chi connectivity index (χ3v) is 3.48. The zero-order chi connectivity index (χ0) is 14.7. The number of hydrogen-bond acceptors (Lipinski definition) is 2. The van der Waals surface area contributed by atoms with Gasteiger partial charge in [0.15, 0.2) is 0 Å². The maximum atomic E-state index is 12.0. The Morgan fingerprint density at radius 3 is 2.30 bits per heavy atom. The van der Waals surface area contributed by atoms with Crippen molar-refractivity contribution in [3.8, 4) is 5.75 Å². The van der Waals surface area contributed by atoms with Crippen molar-refractivity contribution in [3.63, 3.8) is 0 Å². The Labute approximate surface area is 124 Å². The van der Waals surface area contributed by atoms with Crippen LogP contribution in [0.15, 0.2) is 36.4 Å². The number of carbonyl (C=O) groups is 1. The van der Waals surface area contributed by atoms with Gasteiger partial charge in [0, 0.05) is 5.02 Å². The number of hydrogen-bond donors (Lipinski definition) is 0. The third-order valence-electron chi connectivity index (χ3n) is 3.11. The monoisotopic (exact) mass is 288 g/mol. The molecule has 2 aromatic carbocycles. The highest BCUT2D eigenvalue weighted by Crippen LogP contribution is 2.25.